The Hall–Kier alpha value is -2.44. The third kappa shape index (κ3) is 3.72. The van der Waals surface area contributed by atoms with E-state index in [0.717, 1.165) is 12.8 Å². The Kier molecular flexibility index (Phi) is 5.54. The number of nitrogens with one attached hydrogen (secondary N) is 1. The fraction of sp³-hybridized carbons (Fsp3) is 0.529. The van der Waals surface area contributed by atoms with Crippen molar-refractivity contribution in [3.05, 3.63) is 23.5 Å². The van der Waals surface area contributed by atoms with Crippen LogP contribution < -0.4 is 5.32 Å². The molecule has 0 radical (unpaired) electrons. The SMILES string of the molecule is CCCC[C@H](NC(=O)c1cc(C)nc2c1cnn2C(C)C)C(=O)O. The van der Waals surface area contributed by atoms with Crippen molar-refractivity contribution >= 4 is 22.9 Å². The minimum atomic E-state index is -1.02. The predicted octanol–water partition coefficient (Wildman–Crippen LogP) is 2.69. The van der Waals surface area contributed by atoms with Crippen LogP contribution in [0.15, 0.2) is 12.3 Å². The van der Waals surface area contributed by atoms with Gasteiger partial charge in [-0.2, -0.15) is 5.10 Å². The zero-order chi connectivity index (χ0) is 17.9. The van der Waals surface area contributed by atoms with Crippen LogP contribution in [0.25, 0.3) is 11.0 Å². The van der Waals surface area contributed by atoms with Gasteiger partial charge in [0.25, 0.3) is 5.91 Å². The third-order valence-corrected chi connectivity index (χ3v) is 3.88. The summed E-state index contributed by atoms with van der Waals surface area (Å²) >= 11 is 0. The number of aliphatic carboxylic acids is 1. The lowest BCUT2D eigenvalue weighted by molar-refractivity contribution is -0.139. The molecule has 7 nitrogen and oxygen atoms in total. The average molecular weight is 332 g/mol. The number of aromatic nitrogens is 3. The number of carboxylic acid groups (broad SMARTS) is 1. The van der Waals surface area contributed by atoms with Gasteiger partial charge < -0.3 is 10.4 Å². The molecule has 0 aliphatic carbocycles. The zero-order valence-electron chi connectivity index (χ0n) is 14.5. The lowest BCUT2D eigenvalue weighted by Crippen LogP contribution is -2.40. The minimum Gasteiger partial charge on any atom is -0.480 e. The Morgan fingerprint density at radius 2 is 2.08 bits per heavy atom. The molecule has 0 saturated carbocycles. The quantitative estimate of drug-likeness (QED) is 0.812. The van der Waals surface area contributed by atoms with Gasteiger partial charge in [-0.3, -0.25) is 4.79 Å². The third-order valence-electron chi connectivity index (χ3n) is 3.88. The fourth-order valence-electron chi connectivity index (χ4n) is 2.61. The van der Waals surface area contributed by atoms with Gasteiger partial charge in [0.2, 0.25) is 0 Å². The van der Waals surface area contributed by atoms with E-state index in [2.05, 4.69) is 15.4 Å². The maximum atomic E-state index is 12.6. The van der Waals surface area contributed by atoms with Crippen molar-refractivity contribution in [2.75, 3.05) is 0 Å². The number of rotatable bonds is 7. The van der Waals surface area contributed by atoms with E-state index >= 15 is 0 Å². The first kappa shape index (κ1) is 17.9. The van der Waals surface area contributed by atoms with E-state index in [1.54, 1.807) is 23.9 Å². The highest BCUT2D eigenvalue weighted by atomic mass is 16.4. The molecule has 0 bridgehead atoms. The molecule has 0 unspecified atom stereocenters. The van der Waals surface area contributed by atoms with Crippen LogP contribution >= 0.6 is 0 Å². The van der Waals surface area contributed by atoms with Gasteiger partial charge in [-0.15, -0.1) is 0 Å². The molecule has 0 aliphatic rings. The van der Waals surface area contributed by atoms with Crippen LogP contribution in [0.4, 0.5) is 0 Å². The zero-order valence-corrected chi connectivity index (χ0v) is 14.5. The summed E-state index contributed by atoms with van der Waals surface area (Å²) in [4.78, 5) is 28.4. The molecule has 2 aromatic rings. The van der Waals surface area contributed by atoms with Crippen LogP contribution in [0.5, 0.6) is 0 Å². The van der Waals surface area contributed by atoms with Gasteiger partial charge >= 0.3 is 5.97 Å². The van der Waals surface area contributed by atoms with Gasteiger partial charge in [0.1, 0.15) is 6.04 Å². The normalized spacial score (nSPS) is 12.5. The second kappa shape index (κ2) is 7.42. The Morgan fingerprint density at radius 1 is 1.38 bits per heavy atom. The molecule has 0 spiro atoms. The first-order valence-electron chi connectivity index (χ1n) is 8.23. The maximum Gasteiger partial charge on any atom is 0.326 e. The second-order valence-corrected chi connectivity index (χ2v) is 6.24. The van der Waals surface area contributed by atoms with Crippen molar-refractivity contribution in [3.63, 3.8) is 0 Å². The summed E-state index contributed by atoms with van der Waals surface area (Å²) < 4.78 is 1.75. The molecular weight excluding hydrogens is 308 g/mol. The molecule has 130 valence electrons. The van der Waals surface area contributed by atoms with Gasteiger partial charge in [0, 0.05) is 11.7 Å². The van der Waals surface area contributed by atoms with Crippen LogP contribution in [0.1, 0.15) is 62.1 Å². The topological polar surface area (TPSA) is 97.1 Å². The van der Waals surface area contributed by atoms with E-state index in [4.69, 9.17) is 0 Å². The number of hydrogen-bond acceptors (Lipinski definition) is 4. The fourth-order valence-corrected chi connectivity index (χ4v) is 2.61. The molecule has 24 heavy (non-hydrogen) atoms. The molecule has 2 rings (SSSR count). The number of unbranched alkanes of at least 4 members (excludes halogenated alkanes) is 1. The van der Waals surface area contributed by atoms with E-state index < -0.39 is 17.9 Å². The molecule has 2 heterocycles. The lowest BCUT2D eigenvalue weighted by atomic mass is 10.1. The summed E-state index contributed by atoms with van der Waals surface area (Å²) in [5, 5.41) is 16.9. The first-order valence-corrected chi connectivity index (χ1v) is 8.23. The highest BCUT2D eigenvalue weighted by Gasteiger charge is 2.23. The van der Waals surface area contributed by atoms with E-state index in [1.807, 2.05) is 20.8 Å². The number of nitrogens with zero attached hydrogens (tertiary/aromatic N) is 3. The molecule has 2 aromatic heterocycles. The number of aryl methyl sites for hydroxylation is 1. The van der Waals surface area contributed by atoms with E-state index in [0.29, 0.717) is 28.7 Å². The number of hydrogen-bond donors (Lipinski definition) is 2. The van der Waals surface area contributed by atoms with Gasteiger partial charge in [-0.05, 0) is 33.3 Å². The number of amides is 1. The second-order valence-electron chi connectivity index (χ2n) is 6.24. The summed E-state index contributed by atoms with van der Waals surface area (Å²) in [6, 6.07) is 0.896. The number of fused-ring (bicyclic) bond motifs is 1. The molecule has 1 amide bonds. The molecule has 0 aromatic carbocycles. The smallest absolute Gasteiger partial charge is 0.326 e. The molecule has 1 atom stereocenters. The summed E-state index contributed by atoms with van der Waals surface area (Å²) in [6.07, 6.45) is 3.64. The molecule has 0 aliphatic heterocycles. The van der Waals surface area contributed by atoms with Crippen molar-refractivity contribution in [1.82, 2.24) is 20.1 Å². The van der Waals surface area contributed by atoms with Crippen molar-refractivity contribution in [1.29, 1.82) is 0 Å². The van der Waals surface area contributed by atoms with Crippen LogP contribution in [0.3, 0.4) is 0 Å². The van der Waals surface area contributed by atoms with Crippen molar-refractivity contribution < 1.29 is 14.7 Å². The molecule has 2 N–H and O–H groups in total. The summed E-state index contributed by atoms with van der Waals surface area (Å²) in [5.41, 5.74) is 1.73. The van der Waals surface area contributed by atoms with Crippen LogP contribution in [0, 0.1) is 6.92 Å². The summed E-state index contributed by atoms with van der Waals surface area (Å²) in [7, 11) is 0. The minimum absolute atomic E-state index is 0.115. The van der Waals surface area contributed by atoms with Gasteiger partial charge in [0.15, 0.2) is 5.65 Å². The van der Waals surface area contributed by atoms with Gasteiger partial charge in [-0.1, -0.05) is 19.8 Å². The number of carbonyl (C=O) groups excluding carboxylic acids is 1. The van der Waals surface area contributed by atoms with Crippen molar-refractivity contribution in [2.24, 2.45) is 0 Å². The molecular formula is C17H24N4O3. The monoisotopic (exact) mass is 332 g/mol. The summed E-state index contributed by atoms with van der Waals surface area (Å²) in [6.45, 7) is 7.76. The van der Waals surface area contributed by atoms with Crippen molar-refractivity contribution in [3.8, 4) is 0 Å². The Morgan fingerprint density at radius 3 is 2.67 bits per heavy atom. The molecule has 7 heteroatoms. The highest BCUT2D eigenvalue weighted by molar-refractivity contribution is 6.06. The first-order chi connectivity index (χ1) is 11.3. The maximum absolute atomic E-state index is 12.6. The Balaban J connectivity index is 2.37. The highest BCUT2D eigenvalue weighted by Crippen LogP contribution is 2.21. The number of carbonyl (C=O) groups is 2. The van der Waals surface area contributed by atoms with Gasteiger partial charge in [0.05, 0.1) is 17.1 Å². The number of pyridine rings is 1. The van der Waals surface area contributed by atoms with Crippen LogP contribution in [-0.4, -0.2) is 37.8 Å². The Labute approximate surface area is 141 Å². The standard InChI is InChI=1S/C17H24N4O3/c1-5-6-7-14(17(23)24)20-16(22)12-8-11(4)19-15-13(12)9-18-21(15)10(2)3/h8-10,14H,5-7H2,1-4H3,(H,20,22)(H,23,24)/t14-/m0/s1. The number of carboxylic acids is 1. The van der Waals surface area contributed by atoms with Crippen LogP contribution in [0.2, 0.25) is 0 Å². The average Bonchev–Trinajstić information content (AvgIpc) is 2.93. The van der Waals surface area contributed by atoms with E-state index in [-0.39, 0.29) is 6.04 Å². The Bertz CT molecular complexity index is 752. The van der Waals surface area contributed by atoms with E-state index in [1.165, 1.54) is 0 Å². The largest absolute Gasteiger partial charge is 0.480 e. The van der Waals surface area contributed by atoms with E-state index in [9.17, 15) is 14.7 Å². The lowest BCUT2D eigenvalue weighted by Gasteiger charge is -2.15. The summed E-state index contributed by atoms with van der Waals surface area (Å²) in [5.74, 6) is -1.42. The van der Waals surface area contributed by atoms with Crippen LogP contribution in [-0.2, 0) is 4.79 Å². The van der Waals surface area contributed by atoms with Gasteiger partial charge in [-0.25, -0.2) is 14.5 Å². The predicted molar refractivity (Wildman–Crippen MR) is 91.1 cm³/mol. The molecule has 0 fully saturated rings. The van der Waals surface area contributed by atoms with Crippen molar-refractivity contribution in [2.45, 2.75) is 59.0 Å². The molecule has 0 saturated heterocycles.